The zero-order valence-electron chi connectivity index (χ0n) is 16.2. The molecular weight excluding hydrogens is 284 g/mol. The fraction of sp³-hybridized carbons (Fsp3) is 0.905. The molecule has 2 saturated carbocycles. The summed E-state index contributed by atoms with van der Waals surface area (Å²) in [5.41, 5.74) is -0.220. The molecule has 1 N–H and O–H groups in total. The lowest BCUT2D eigenvalue weighted by molar-refractivity contribution is -0.172. The molecule has 0 aromatic rings. The molecule has 0 radical (unpaired) electrons. The zero-order valence-corrected chi connectivity index (χ0v) is 16.2. The molecule has 0 aromatic carbocycles. The van der Waals surface area contributed by atoms with Crippen molar-refractivity contribution in [1.29, 1.82) is 0 Å². The highest BCUT2D eigenvalue weighted by atomic mass is 16.5. The van der Waals surface area contributed by atoms with E-state index in [1.165, 1.54) is 19.3 Å². The fourth-order valence-electron chi connectivity index (χ4n) is 5.98. The van der Waals surface area contributed by atoms with Crippen LogP contribution in [0, 0.1) is 22.7 Å². The lowest BCUT2D eigenvalue weighted by Gasteiger charge is -2.61. The Balaban J connectivity index is 2.27. The third kappa shape index (κ3) is 3.39. The van der Waals surface area contributed by atoms with Crippen LogP contribution in [0.3, 0.4) is 0 Å². The topological polar surface area (TPSA) is 29.5 Å². The van der Waals surface area contributed by atoms with Gasteiger partial charge in [0.2, 0.25) is 0 Å². The van der Waals surface area contributed by atoms with E-state index in [4.69, 9.17) is 4.74 Å². The smallest absolute Gasteiger partial charge is 0.0828 e. The van der Waals surface area contributed by atoms with Crippen LogP contribution in [0.5, 0.6) is 0 Å². The first-order valence-electron chi connectivity index (χ1n) is 9.42. The van der Waals surface area contributed by atoms with Gasteiger partial charge in [0.25, 0.3) is 0 Å². The molecule has 0 spiro atoms. The van der Waals surface area contributed by atoms with E-state index in [1.807, 2.05) is 6.08 Å². The first-order chi connectivity index (χ1) is 10.5. The molecule has 0 amide bonds. The molecule has 2 nitrogen and oxygen atoms in total. The average molecular weight is 323 g/mol. The second-order valence-corrected chi connectivity index (χ2v) is 9.61. The van der Waals surface area contributed by atoms with E-state index < -0.39 is 5.60 Å². The summed E-state index contributed by atoms with van der Waals surface area (Å²) < 4.78 is 5.66. The molecule has 0 saturated heterocycles. The average Bonchev–Trinajstić information content (AvgIpc) is 2.44. The number of ether oxygens (including phenoxy) is 1. The molecule has 2 aliphatic carbocycles. The van der Waals surface area contributed by atoms with Crippen molar-refractivity contribution in [3.63, 3.8) is 0 Å². The van der Waals surface area contributed by atoms with Gasteiger partial charge in [-0.2, -0.15) is 0 Å². The summed E-state index contributed by atoms with van der Waals surface area (Å²) in [5.74, 6) is 1.05. The Morgan fingerprint density at radius 2 is 1.87 bits per heavy atom. The molecule has 2 heteroatoms. The largest absolute Gasteiger partial charge is 0.390 e. The van der Waals surface area contributed by atoms with E-state index in [0.717, 1.165) is 25.7 Å². The van der Waals surface area contributed by atoms with Crippen molar-refractivity contribution in [2.75, 3.05) is 7.11 Å². The molecule has 0 heterocycles. The summed E-state index contributed by atoms with van der Waals surface area (Å²) in [5, 5.41) is 11.2. The van der Waals surface area contributed by atoms with Crippen molar-refractivity contribution in [3.05, 3.63) is 12.7 Å². The Morgan fingerprint density at radius 3 is 2.43 bits per heavy atom. The second-order valence-electron chi connectivity index (χ2n) is 9.61. The number of hydrogen-bond donors (Lipinski definition) is 1. The molecular formula is C21H38O2. The predicted molar refractivity (Wildman–Crippen MR) is 97.4 cm³/mol. The first kappa shape index (κ1) is 19.0. The quantitative estimate of drug-likeness (QED) is 0.691. The number of hydrogen-bond acceptors (Lipinski definition) is 2. The molecule has 2 fully saturated rings. The van der Waals surface area contributed by atoms with Crippen LogP contribution in [0.1, 0.15) is 79.6 Å². The Labute approximate surface area is 143 Å². The van der Waals surface area contributed by atoms with Gasteiger partial charge in [0.05, 0.1) is 11.2 Å². The van der Waals surface area contributed by atoms with Gasteiger partial charge < -0.3 is 9.84 Å². The predicted octanol–water partition coefficient (Wildman–Crippen LogP) is 5.35. The van der Waals surface area contributed by atoms with Gasteiger partial charge in [-0.05, 0) is 75.0 Å². The monoisotopic (exact) mass is 322 g/mol. The number of aliphatic hydroxyl groups is 1. The van der Waals surface area contributed by atoms with Crippen molar-refractivity contribution in [2.24, 2.45) is 22.7 Å². The van der Waals surface area contributed by atoms with Gasteiger partial charge in [-0.1, -0.05) is 33.3 Å². The zero-order chi connectivity index (χ0) is 17.5. The minimum absolute atomic E-state index is 0.235. The summed E-state index contributed by atoms with van der Waals surface area (Å²) in [6.45, 7) is 15.4. The molecule has 2 unspecified atom stereocenters. The van der Waals surface area contributed by atoms with Crippen LogP contribution in [0.25, 0.3) is 0 Å². The van der Waals surface area contributed by atoms with Crippen molar-refractivity contribution < 1.29 is 9.84 Å². The standard InChI is InChI=1S/C21H38O2/c1-8-19(4,23-7)14-10-17-20(5)13-9-12-18(2,3)16(20)11-15-21(17,6)22/h8,16-17,22H,1,9-15H2,2-7H3/t16?,17-,19+,20?,21-/m1/s1. The second kappa shape index (κ2) is 6.19. The van der Waals surface area contributed by atoms with Gasteiger partial charge in [0, 0.05) is 7.11 Å². The van der Waals surface area contributed by atoms with E-state index in [9.17, 15) is 5.11 Å². The van der Waals surface area contributed by atoms with Crippen molar-refractivity contribution in [1.82, 2.24) is 0 Å². The Morgan fingerprint density at radius 1 is 1.22 bits per heavy atom. The van der Waals surface area contributed by atoms with Crippen LogP contribution in [0.15, 0.2) is 12.7 Å². The summed E-state index contributed by atoms with van der Waals surface area (Å²) in [6.07, 6.45) is 9.80. The molecule has 23 heavy (non-hydrogen) atoms. The molecule has 0 bridgehead atoms. The fourth-order valence-corrected chi connectivity index (χ4v) is 5.98. The Kier molecular flexibility index (Phi) is 5.11. The van der Waals surface area contributed by atoms with Crippen LogP contribution >= 0.6 is 0 Å². The van der Waals surface area contributed by atoms with Gasteiger partial charge in [-0.25, -0.2) is 0 Å². The van der Waals surface area contributed by atoms with Gasteiger partial charge in [-0.15, -0.1) is 6.58 Å². The van der Waals surface area contributed by atoms with E-state index in [0.29, 0.717) is 17.3 Å². The normalized spacial score (nSPS) is 42.6. The van der Waals surface area contributed by atoms with Gasteiger partial charge in [-0.3, -0.25) is 0 Å². The molecule has 2 rings (SSSR count). The van der Waals surface area contributed by atoms with Crippen molar-refractivity contribution in [2.45, 2.75) is 90.8 Å². The Bertz CT molecular complexity index is 439. The summed E-state index contributed by atoms with van der Waals surface area (Å²) >= 11 is 0. The molecule has 2 aliphatic rings. The van der Waals surface area contributed by atoms with Crippen LogP contribution < -0.4 is 0 Å². The number of rotatable bonds is 5. The van der Waals surface area contributed by atoms with E-state index in [-0.39, 0.29) is 11.0 Å². The highest BCUT2D eigenvalue weighted by Crippen LogP contribution is 2.63. The van der Waals surface area contributed by atoms with Gasteiger partial charge in [0.1, 0.15) is 0 Å². The van der Waals surface area contributed by atoms with Crippen LogP contribution in [0.2, 0.25) is 0 Å². The van der Waals surface area contributed by atoms with Crippen LogP contribution in [-0.2, 0) is 4.74 Å². The van der Waals surface area contributed by atoms with E-state index in [2.05, 4.69) is 41.2 Å². The molecule has 5 atom stereocenters. The van der Waals surface area contributed by atoms with E-state index >= 15 is 0 Å². The number of methoxy groups -OCH3 is 1. The molecule has 0 aromatic heterocycles. The third-order valence-electron chi connectivity index (χ3n) is 7.59. The maximum Gasteiger partial charge on any atom is 0.0828 e. The highest BCUT2D eigenvalue weighted by molar-refractivity contribution is 5.08. The van der Waals surface area contributed by atoms with Gasteiger partial charge in [0.15, 0.2) is 0 Å². The molecule has 134 valence electrons. The summed E-state index contributed by atoms with van der Waals surface area (Å²) in [4.78, 5) is 0. The maximum atomic E-state index is 11.2. The molecule has 0 aliphatic heterocycles. The van der Waals surface area contributed by atoms with Gasteiger partial charge >= 0.3 is 0 Å². The summed E-state index contributed by atoms with van der Waals surface area (Å²) in [6, 6.07) is 0. The third-order valence-corrected chi connectivity index (χ3v) is 7.59. The highest BCUT2D eigenvalue weighted by Gasteiger charge is 2.57. The lowest BCUT2D eigenvalue weighted by Crippen LogP contribution is -2.57. The number of fused-ring (bicyclic) bond motifs is 1. The lowest BCUT2D eigenvalue weighted by atomic mass is 9.45. The van der Waals surface area contributed by atoms with E-state index in [1.54, 1.807) is 7.11 Å². The van der Waals surface area contributed by atoms with Crippen LogP contribution in [0.4, 0.5) is 0 Å². The minimum atomic E-state index is -0.561. The minimum Gasteiger partial charge on any atom is -0.390 e. The Hall–Kier alpha value is -0.340. The first-order valence-corrected chi connectivity index (χ1v) is 9.42. The summed E-state index contributed by atoms with van der Waals surface area (Å²) in [7, 11) is 1.76. The van der Waals surface area contributed by atoms with Crippen molar-refractivity contribution >= 4 is 0 Å². The van der Waals surface area contributed by atoms with Crippen molar-refractivity contribution in [3.8, 4) is 0 Å². The SMILES string of the molecule is C=C[C@@](C)(CC[C@@H]1C2(C)CCCC(C)(C)C2CC[C@@]1(C)O)OC. The maximum absolute atomic E-state index is 11.2. The van der Waals surface area contributed by atoms with Crippen LogP contribution in [-0.4, -0.2) is 23.4 Å².